The van der Waals surface area contributed by atoms with Crippen molar-refractivity contribution in [1.82, 2.24) is 5.32 Å². The third kappa shape index (κ3) is 2.20. The van der Waals surface area contributed by atoms with Crippen LogP contribution in [0.25, 0.3) is 0 Å². The van der Waals surface area contributed by atoms with Gasteiger partial charge in [-0.1, -0.05) is 36.8 Å². The van der Waals surface area contributed by atoms with E-state index in [1.165, 1.54) is 31.2 Å². The molecule has 0 saturated heterocycles. The van der Waals surface area contributed by atoms with Crippen LogP contribution >= 0.6 is 0 Å². The monoisotopic (exact) mass is 283 g/mol. The highest BCUT2D eigenvalue weighted by Crippen LogP contribution is 2.51. The summed E-state index contributed by atoms with van der Waals surface area (Å²) in [4.78, 5) is 12.8. The van der Waals surface area contributed by atoms with Crippen LogP contribution in [-0.2, 0) is 10.2 Å². The third-order valence-corrected chi connectivity index (χ3v) is 6.30. The van der Waals surface area contributed by atoms with Crippen LogP contribution in [0.4, 0.5) is 0 Å². The second kappa shape index (κ2) is 4.86. The Labute approximate surface area is 127 Å². The highest BCUT2D eigenvalue weighted by molar-refractivity contribution is 5.91. The number of rotatable bonds is 4. The normalized spacial score (nSPS) is 33.7. The molecule has 2 nitrogen and oxygen atoms in total. The molecular formula is C19H25NO. The Kier molecular flexibility index (Phi) is 3.09. The quantitative estimate of drug-likeness (QED) is 0.897. The molecule has 0 aliphatic heterocycles. The molecule has 2 bridgehead atoms. The average Bonchev–Trinajstić information content (AvgIpc) is 3.06. The number of fused-ring (bicyclic) bond motifs is 2. The van der Waals surface area contributed by atoms with E-state index in [1.54, 1.807) is 0 Å². The maximum atomic E-state index is 12.8. The minimum atomic E-state index is -0.215. The van der Waals surface area contributed by atoms with Crippen molar-refractivity contribution in [2.75, 3.05) is 0 Å². The second-order valence-electron chi connectivity index (χ2n) is 7.55. The third-order valence-electron chi connectivity index (χ3n) is 6.30. The largest absolute Gasteiger partial charge is 0.353 e. The van der Waals surface area contributed by atoms with E-state index in [0.717, 1.165) is 30.6 Å². The standard InChI is InChI=1S/C19H25NO/c1-13(17-12-14-7-8-15(17)11-14)20-18(21)19(9-10-19)16-5-3-2-4-6-16/h2-6,13-15,17H,7-12H2,1H3,(H,20,21). The number of hydrogen-bond donors (Lipinski definition) is 1. The van der Waals surface area contributed by atoms with Crippen LogP contribution in [0.2, 0.25) is 0 Å². The topological polar surface area (TPSA) is 29.1 Å². The number of carbonyl (C=O) groups excluding carboxylic acids is 1. The van der Waals surface area contributed by atoms with Crippen LogP contribution in [0.1, 0.15) is 51.0 Å². The highest BCUT2D eigenvalue weighted by Gasteiger charge is 2.52. The molecule has 0 radical (unpaired) electrons. The van der Waals surface area contributed by atoms with Gasteiger partial charge in [-0.2, -0.15) is 0 Å². The number of carbonyl (C=O) groups is 1. The minimum Gasteiger partial charge on any atom is -0.353 e. The van der Waals surface area contributed by atoms with Crippen molar-refractivity contribution in [1.29, 1.82) is 0 Å². The van der Waals surface area contributed by atoms with Crippen molar-refractivity contribution >= 4 is 5.91 Å². The molecule has 3 fully saturated rings. The van der Waals surface area contributed by atoms with Gasteiger partial charge in [0.2, 0.25) is 5.91 Å². The molecule has 4 unspecified atom stereocenters. The Morgan fingerprint density at radius 3 is 2.52 bits per heavy atom. The van der Waals surface area contributed by atoms with Gasteiger partial charge >= 0.3 is 0 Å². The first-order chi connectivity index (χ1) is 10.2. The van der Waals surface area contributed by atoms with Gasteiger partial charge in [-0.25, -0.2) is 0 Å². The summed E-state index contributed by atoms with van der Waals surface area (Å²) in [5.74, 6) is 2.81. The SMILES string of the molecule is CC(NC(=O)C1(c2ccccc2)CC1)C1CC2CCC1C2. The Bertz CT molecular complexity index is 534. The predicted molar refractivity (Wildman–Crippen MR) is 83.9 cm³/mol. The first-order valence-electron chi connectivity index (χ1n) is 8.55. The van der Waals surface area contributed by atoms with Gasteiger partial charge in [0.05, 0.1) is 5.41 Å². The summed E-state index contributed by atoms with van der Waals surface area (Å²) in [6.07, 6.45) is 7.58. The van der Waals surface area contributed by atoms with Crippen LogP contribution in [0, 0.1) is 17.8 Å². The number of hydrogen-bond acceptors (Lipinski definition) is 1. The number of nitrogens with one attached hydrogen (secondary N) is 1. The van der Waals surface area contributed by atoms with Crippen molar-refractivity contribution in [3.05, 3.63) is 35.9 Å². The van der Waals surface area contributed by atoms with Gasteiger partial charge in [-0.3, -0.25) is 4.79 Å². The average molecular weight is 283 g/mol. The van der Waals surface area contributed by atoms with E-state index >= 15 is 0 Å². The zero-order valence-electron chi connectivity index (χ0n) is 12.8. The summed E-state index contributed by atoms with van der Waals surface area (Å²) >= 11 is 0. The lowest BCUT2D eigenvalue weighted by Gasteiger charge is -2.30. The Morgan fingerprint density at radius 2 is 1.95 bits per heavy atom. The smallest absolute Gasteiger partial charge is 0.230 e. The molecule has 112 valence electrons. The maximum absolute atomic E-state index is 12.8. The van der Waals surface area contributed by atoms with Crippen molar-refractivity contribution in [3.63, 3.8) is 0 Å². The second-order valence-corrected chi connectivity index (χ2v) is 7.55. The first-order valence-corrected chi connectivity index (χ1v) is 8.55. The van der Waals surface area contributed by atoms with Gasteiger partial charge in [0.25, 0.3) is 0 Å². The molecule has 3 aliphatic rings. The van der Waals surface area contributed by atoms with Gasteiger partial charge < -0.3 is 5.32 Å². The molecule has 4 atom stereocenters. The van der Waals surface area contributed by atoms with Crippen LogP contribution < -0.4 is 5.32 Å². The highest BCUT2D eigenvalue weighted by atomic mass is 16.2. The zero-order valence-corrected chi connectivity index (χ0v) is 12.8. The van der Waals surface area contributed by atoms with Crippen LogP contribution in [0.3, 0.4) is 0 Å². The van der Waals surface area contributed by atoms with Crippen molar-refractivity contribution in [2.24, 2.45) is 17.8 Å². The molecule has 2 heteroatoms. The maximum Gasteiger partial charge on any atom is 0.230 e. The van der Waals surface area contributed by atoms with Crippen molar-refractivity contribution < 1.29 is 4.79 Å². The molecule has 4 rings (SSSR count). The summed E-state index contributed by atoms with van der Waals surface area (Å²) in [7, 11) is 0. The molecular weight excluding hydrogens is 258 g/mol. The molecule has 3 aliphatic carbocycles. The lowest BCUT2D eigenvalue weighted by molar-refractivity contribution is -0.124. The van der Waals surface area contributed by atoms with Crippen molar-refractivity contribution in [2.45, 2.75) is 56.9 Å². The lowest BCUT2D eigenvalue weighted by atomic mass is 9.83. The van der Waals surface area contributed by atoms with Crippen LogP contribution in [-0.4, -0.2) is 11.9 Å². The number of amides is 1. The lowest BCUT2D eigenvalue weighted by Crippen LogP contribution is -2.44. The summed E-state index contributed by atoms with van der Waals surface area (Å²) in [6.45, 7) is 2.23. The fraction of sp³-hybridized carbons (Fsp3) is 0.632. The Morgan fingerprint density at radius 1 is 1.19 bits per heavy atom. The Balaban J connectivity index is 1.44. The van der Waals surface area contributed by atoms with E-state index in [1.807, 2.05) is 18.2 Å². The van der Waals surface area contributed by atoms with E-state index < -0.39 is 0 Å². The predicted octanol–water partition coefficient (Wildman–Crippen LogP) is 3.66. The van der Waals surface area contributed by atoms with Crippen molar-refractivity contribution in [3.8, 4) is 0 Å². The van der Waals surface area contributed by atoms with E-state index in [2.05, 4.69) is 24.4 Å². The van der Waals surface area contributed by atoms with Gasteiger partial charge in [0.15, 0.2) is 0 Å². The van der Waals surface area contributed by atoms with E-state index in [9.17, 15) is 4.79 Å². The molecule has 1 aromatic rings. The Hall–Kier alpha value is -1.31. The number of benzene rings is 1. The van der Waals surface area contributed by atoms with Gasteiger partial charge in [-0.15, -0.1) is 0 Å². The minimum absolute atomic E-state index is 0.215. The van der Waals surface area contributed by atoms with Gasteiger partial charge in [0.1, 0.15) is 0 Å². The fourth-order valence-electron chi connectivity index (χ4n) is 4.89. The zero-order chi connectivity index (χ0) is 14.4. The molecule has 0 spiro atoms. The van der Waals surface area contributed by atoms with Crippen LogP contribution in [0.5, 0.6) is 0 Å². The van der Waals surface area contributed by atoms with Gasteiger partial charge in [0, 0.05) is 6.04 Å². The van der Waals surface area contributed by atoms with Gasteiger partial charge in [-0.05, 0) is 62.3 Å². The summed E-state index contributed by atoms with van der Waals surface area (Å²) in [5.41, 5.74) is 0.982. The molecule has 0 heterocycles. The summed E-state index contributed by atoms with van der Waals surface area (Å²) in [5, 5.41) is 3.37. The first kappa shape index (κ1) is 13.4. The van der Waals surface area contributed by atoms with E-state index in [0.29, 0.717) is 6.04 Å². The van der Waals surface area contributed by atoms with Crippen LogP contribution in [0.15, 0.2) is 30.3 Å². The molecule has 1 aromatic carbocycles. The van der Waals surface area contributed by atoms with E-state index in [4.69, 9.17) is 0 Å². The molecule has 0 aromatic heterocycles. The molecule has 3 saturated carbocycles. The summed E-state index contributed by atoms with van der Waals surface area (Å²) < 4.78 is 0. The van der Waals surface area contributed by atoms with E-state index in [-0.39, 0.29) is 11.3 Å². The molecule has 1 N–H and O–H groups in total. The summed E-state index contributed by atoms with van der Waals surface area (Å²) in [6, 6.07) is 10.7. The molecule has 1 amide bonds. The molecule has 21 heavy (non-hydrogen) atoms. The fourth-order valence-corrected chi connectivity index (χ4v) is 4.89.